The standard InChI is InChI=1S/C30H35ClN2O4/c1-5-22(3)32-30(35)28(18-23-10-7-6-8-11-23)33(19-24-12-9-13-25(17-24)36-4)29(34)20-37-26-14-15-27(31)21(2)16-26/h6-17,22,28H,5,18-20H2,1-4H3,(H,32,35)/t22-,28-/m1/s1. The molecule has 1 N–H and O–H groups in total. The van der Waals surface area contributed by atoms with E-state index in [0.29, 0.717) is 22.9 Å². The lowest BCUT2D eigenvalue weighted by Gasteiger charge is -2.32. The first-order valence-corrected chi connectivity index (χ1v) is 12.8. The molecule has 0 aliphatic carbocycles. The highest BCUT2D eigenvalue weighted by atomic mass is 35.5. The van der Waals surface area contributed by atoms with Gasteiger partial charge in [0.25, 0.3) is 5.91 Å². The number of aryl methyl sites for hydroxylation is 1. The summed E-state index contributed by atoms with van der Waals surface area (Å²) in [4.78, 5) is 28.8. The molecule has 0 spiro atoms. The van der Waals surface area contributed by atoms with E-state index in [1.807, 2.05) is 75.4 Å². The number of methoxy groups -OCH3 is 1. The number of hydrogen-bond acceptors (Lipinski definition) is 4. The molecule has 0 aliphatic heterocycles. The second kappa shape index (κ2) is 13.7. The molecule has 7 heteroatoms. The Morgan fingerprint density at radius 2 is 1.70 bits per heavy atom. The van der Waals surface area contributed by atoms with Crippen molar-refractivity contribution in [3.05, 3.63) is 94.5 Å². The number of carbonyl (C=O) groups is 2. The Morgan fingerprint density at radius 1 is 0.973 bits per heavy atom. The Balaban J connectivity index is 1.93. The van der Waals surface area contributed by atoms with Crippen LogP contribution in [0.25, 0.3) is 0 Å². The second-order valence-electron chi connectivity index (χ2n) is 9.10. The van der Waals surface area contributed by atoms with Crippen molar-refractivity contribution in [2.24, 2.45) is 0 Å². The molecule has 6 nitrogen and oxygen atoms in total. The third-order valence-electron chi connectivity index (χ3n) is 6.25. The zero-order valence-electron chi connectivity index (χ0n) is 21.9. The van der Waals surface area contributed by atoms with Crippen molar-refractivity contribution in [2.45, 2.75) is 52.2 Å². The molecular formula is C30H35ClN2O4. The summed E-state index contributed by atoms with van der Waals surface area (Å²) >= 11 is 6.13. The Morgan fingerprint density at radius 3 is 2.38 bits per heavy atom. The van der Waals surface area contributed by atoms with Crippen LogP contribution >= 0.6 is 11.6 Å². The van der Waals surface area contributed by atoms with Crippen LogP contribution in [0.2, 0.25) is 5.02 Å². The SMILES string of the molecule is CC[C@@H](C)NC(=O)[C@@H](Cc1ccccc1)N(Cc1cccc(OC)c1)C(=O)COc1ccc(Cl)c(C)c1. The minimum absolute atomic E-state index is 0.0205. The predicted octanol–water partition coefficient (Wildman–Crippen LogP) is 5.59. The molecule has 0 heterocycles. The lowest BCUT2D eigenvalue weighted by atomic mass is 10.0. The molecule has 37 heavy (non-hydrogen) atoms. The summed E-state index contributed by atoms with van der Waals surface area (Å²) in [5.41, 5.74) is 2.67. The van der Waals surface area contributed by atoms with E-state index in [4.69, 9.17) is 21.1 Å². The summed E-state index contributed by atoms with van der Waals surface area (Å²) < 4.78 is 11.2. The van der Waals surface area contributed by atoms with Crippen LogP contribution in [0.3, 0.4) is 0 Å². The number of nitrogens with one attached hydrogen (secondary N) is 1. The molecule has 196 valence electrons. The maximum Gasteiger partial charge on any atom is 0.261 e. The number of ether oxygens (including phenoxy) is 2. The zero-order valence-corrected chi connectivity index (χ0v) is 22.6. The van der Waals surface area contributed by atoms with E-state index in [0.717, 1.165) is 23.1 Å². The van der Waals surface area contributed by atoms with Crippen molar-refractivity contribution in [3.63, 3.8) is 0 Å². The highest BCUT2D eigenvalue weighted by molar-refractivity contribution is 6.31. The summed E-state index contributed by atoms with van der Waals surface area (Å²) in [6, 6.07) is 21.7. The van der Waals surface area contributed by atoms with Gasteiger partial charge in [-0.3, -0.25) is 9.59 Å². The maximum absolute atomic E-state index is 13.7. The maximum atomic E-state index is 13.7. The molecular weight excluding hydrogens is 488 g/mol. The molecule has 0 aliphatic rings. The first-order valence-electron chi connectivity index (χ1n) is 12.5. The Hall–Kier alpha value is -3.51. The number of nitrogens with zero attached hydrogens (tertiary/aromatic N) is 1. The quantitative estimate of drug-likeness (QED) is 0.336. The van der Waals surface area contributed by atoms with E-state index in [9.17, 15) is 9.59 Å². The third-order valence-corrected chi connectivity index (χ3v) is 6.67. The van der Waals surface area contributed by atoms with Crippen molar-refractivity contribution in [1.82, 2.24) is 10.2 Å². The van der Waals surface area contributed by atoms with Crippen LogP contribution in [0.15, 0.2) is 72.8 Å². The van der Waals surface area contributed by atoms with Gasteiger partial charge in [-0.15, -0.1) is 0 Å². The van der Waals surface area contributed by atoms with Crippen molar-refractivity contribution < 1.29 is 19.1 Å². The van der Waals surface area contributed by atoms with Gasteiger partial charge in [-0.25, -0.2) is 0 Å². The smallest absolute Gasteiger partial charge is 0.261 e. The normalized spacial score (nSPS) is 12.4. The molecule has 3 aromatic carbocycles. The minimum atomic E-state index is -0.731. The molecule has 3 aromatic rings. The monoisotopic (exact) mass is 522 g/mol. The van der Waals surface area contributed by atoms with E-state index in [2.05, 4.69) is 5.32 Å². The van der Waals surface area contributed by atoms with Crippen molar-refractivity contribution in [1.29, 1.82) is 0 Å². The first kappa shape index (κ1) is 28.1. The van der Waals surface area contributed by atoms with Crippen molar-refractivity contribution >= 4 is 23.4 Å². The van der Waals surface area contributed by atoms with Crippen LogP contribution in [0.5, 0.6) is 11.5 Å². The first-order chi connectivity index (χ1) is 17.8. The molecule has 0 saturated heterocycles. The van der Waals surface area contributed by atoms with Crippen LogP contribution in [-0.2, 0) is 22.6 Å². The van der Waals surface area contributed by atoms with Crippen LogP contribution in [0.4, 0.5) is 0 Å². The molecule has 0 unspecified atom stereocenters. The number of rotatable bonds is 12. The fourth-order valence-electron chi connectivity index (χ4n) is 3.90. The van der Waals surface area contributed by atoms with Crippen LogP contribution in [0.1, 0.15) is 37.0 Å². The molecule has 0 saturated carbocycles. The Kier molecular flexibility index (Phi) is 10.4. The summed E-state index contributed by atoms with van der Waals surface area (Å²) in [6.07, 6.45) is 1.16. The molecule has 3 rings (SSSR count). The highest BCUT2D eigenvalue weighted by Crippen LogP contribution is 2.22. The van der Waals surface area contributed by atoms with E-state index in [1.165, 1.54) is 0 Å². The second-order valence-corrected chi connectivity index (χ2v) is 9.50. The summed E-state index contributed by atoms with van der Waals surface area (Å²) in [5, 5.41) is 3.70. The highest BCUT2D eigenvalue weighted by Gasteiger charge is 2.31. The number of benzene rings is 3. The minimum Gasteiger partial charge on any atom is -0.497 e. The van der Waals surface area contributed by atoms with Gasteiger partial charge in [-0.1, -0.05) is 61.0 Å². The average molecular weight is 523 g/mol. The van der Waals surface area contributed by atoms with Gasteiger partial charge >= 0.3 is 0 Å². The van der Waals surface area contributed by atoms with E-state index >= 15 is 0 Å². The van der Waals surface area contributed by atoms with Crippen molar-refractivity contribution in [2.75, 3.05) is 13.7 Å². The van der Waals surface area contributed by atoms with Crippen LogP contribution < -0.4 is 14.8 Å². The van der Waals surface area contributed by atoms with Gasteiger partial charge < -0.3 is 19.7 Å². The largest absolute Gasteiger partial charge is 0.497 e. The van der Waals surface area contributed by atoms with Gasteiger partial charge in [-0.2, -0.15) is 0 Å². The summed E-state index contributed by atoms with van der Waals surface area (Å²) in [7, 11) is 1.60. The molecule has 2 atom stereocenters. The predicted molar refractivity (Wildman–Crippen MR) is 147 cm³/mol. The van der Waals surface area contributed by atoms with Crippen LogP contribution in [0, 0.1) is 6.92 Å². The Bertz CT molecular complexity index is 1190. The zero-order chi connectivity index (χ0) is 26.8. The molecule has 0 bridgehead atoms. The summed E-state index contributed by atoms with van der Waals surface area (Å²) in [6.45, 7) is 5.86. The number of hydrogen-bond donors (Lipinski definition) is 1. The fourth-order valence-corrected chi connectivity index (χ4v) is 4.02. The van der Waals surface area contributed by atoms with E-state index < -0.39 is 6.04 Å². The molecule has 0 aromatic heterocycles. The summed E-state index contributed by atoms with van der Waals surface area (Å²) in [5.74, 6) is 0.731. The average Bonchev–Trinajstić information content (AvgIpc) is 2.91. The number of carbonyl (C=O) groups excluding carboxylic acids is 2. The fraction of sp³-hybridized carbons (Fsp3) is 0.333. The third kappa shape index (κ3) is 8.25. The van der Waals surface area contributed by atoms with Gasteiger partial charge in [0.1, 0.15) is 17.5 Å². The lowest BCUT2D eigenvalue weighted by molar-refractivity contribution is -0.143. The van der Waals surface area contributed by atoms with E-state index in [-0.39, 0.29) is 31.0 Å². The van der Waals surface area contributed by atoms with Gasteiger partial charge in [0.15, 0.2) is 6.61 Å². The lowest BCUT2D eigenvalue weighted by Crippen LogP contribution is -2.53. The molecule has 0 radical (unpaired) electrons. The molecule has 2 amide bonds. The van der Waals surface area contributed by atoms with Gasteiger partial charge in [0.05, 0.1) is 7.11 Å². The topological polar surface area (TPSA) is 67.9 Å². The number of amides is 2. The van der Waals surface area contributed by atoms with Crippen molar-refractivity contribution in [3.8, 4) is 11.5 Å². The number of halogens is 1. The van der Waals surface area contributed by atoms with Crippen LogP contribution in [-0.4, -0.2) is 42.5 Å². The van der Waals surface area contributed by atoms with Gasteiger partial charge in [0, 0.05) is 24.0 Å². The van der Waals surface area contributed by atoms with Gasteiger partial charge in [-0.05, 0) is 67.3 Å². The molecule has 0 fully saturated rings. The Labute approximate surface area is 224 Å². The van der Waals surface area contributed by atoms with Gasteiger partial charge in [0.2, 0.25) is 5.91 Å². The van der Waals surface area contributed by atoms with E-state index in [1.54, 1.807) is 30.2 Å².